The number of hydrogen-bond acceptors (Lipinski definition) is 1. The Morgan fingerprint density at radius 2 is 2.67 bits per heavy atom. The Labute approximate surface area is 50.2 Å². The Kier molecular flexibility index (Phi) is 5.20. The molecule has 0 aromatic heterocycles. The topological polar surface area (TPSA) is 12.4 Å². The van der Waals surface area contributed by atoms with Gasteiger partial charge in [-0.3, -0.25) is 0 Å². The first-order valence-electron chi connectivity index (χ1n) is 1.56. The molecule has 32 valence electrons. The molecule has 1 nitrogen and oxygen atoms in total. The monoisotopic (exact) mass is 197 g/mol. The first kappa shape index (κ1) is 6.11. The third-order valence-corrected chi connectivity index (χ3v) is 0.653. The van der Waals surface area contributed by atoms with Gasteiger partial charge in [0.25, 0.3) is 0 Å². The van der Waals surface area contributed by atoms with Gasteiger partial charge >= 0.3 is 49.9 Å². The summed E-state index contributed by atoms with van der Waals surface area (Å²) in [4.78, 5) is 3.73. The summed E-state index contributed by atoms with van der Waals surface area (Å²) in [6.07, 6.45) is 1.73. The van der Waals surface area contributed by atoms with Crippen LogP contribution >= 0.6 is 0 Å². The van der Waals surface area contributed by atoms with Gasteiger partial charge in [-0.15, -0.1) is 0 Å². The number of aliphatic imine (C=N–C) groups is 1. The maximum atomic E-state index is 3.73. The minimum absolute atomic E-state index is 0.693. The molecule has 2 heteroatoms. The van der Waals surface area contributed by atoms with Crippen molar-refractivity contribution in [2.24, 2.45) is 4.99 Å². The summed E-state index contributed by atoms with van der Waals surface area (Å²) in [5.41, 5.74) is 0. The summed E-state index contributed by atoms with van der Waals surface area (Å²) in [7, 11) is 0. The van der Waals surface area contributed by atoms with Crippen LogP contribution in [-0.2, 0) is 0 Å². The van der Waals surface area contributed by atoms with Crippen LogP contribution in [0.1, 0.15) is 0 Å². The minimum atomic E-state index is 0.693. The molecule has 0 aliphatic carbocycles. The van der Waals surface area contributed by atoms with E-state index in [1.165, 1.54) is 0 Å². The molecule has 0 unspecified atom stereocenters. The normalized spacial score (nSPS) is 6.00. The number of rotatable bonds is 2. The van der Waals surface area contributed by atoms with E-state index < -0.39 is 0 Å². The van der Waals surface area contributed by atoms with Crippen molar-refractivity contribution in [1.29, 1.82) is 0 Å². The molecule has 0 aliphatic heterocycles. The number of nitrogens with zero attached hydrogens (tertiary/aromatic N) is 1. The average molecular weight is 195 g/mol. The fraction of sp³-hybridized carbons (Fsp3) is 0.250. The maximum absolute atomic E-state index is 3.73. The SMILES string of the molecule is C=CCN=C=[Te]. The van der Waals surface area contributed by atoms with E-state index in [2.05, 4.69) is 15.4 Å². The van der Waals surface area contributed by atoms with Crippen LogP contribution in [0.4, 0.5) is 0 Å². The molecule has 0 rings (SSSR count). The van der Waals surface area contributed by atoms with Crippen LogP contribution in [0, 0.1) is 0 Å². The summed E-state index contributed by atoms with van der Waals surface area (Å²) in [5, 5.41) is 0. The molecule has 0 aromatic rings. The van der Waals surface area contributed by atoms with E-state index in [9.17, 15) is 0 Å². The van der Waals surface area contributed by atoms with Crippen LogP contribution < -0.4 is 0 Å². The molecule has 6 heavy (non-hydrogen) atoms. The van der Waals surface area contributed by atoms with Gasteiger partial charge in [-0.05, 0) is 0 Å². The first-order valence-corrected chi connectivity index (χ1v) is 2.73. The molecule has 0 amide bonds. The van der Waals surface area contributed by atoms with Crippen LogP contribution in [-0.4, -0.2) is 32.2 Å². The van der Waals surface area contributed by atoms with E-state index >= 15 is 0 Å². The van der Waals surface area contributed by atoms with Crippen LogP contribution in [0.3, 0.4) is 0 Å². The van der Waals surface area contributed by atoms with Gasteiger partial charge in [0.2, 0.25) is 0 Å². The molecular formula is C4H5NTe. The van der Waals surface area contributed by atoms with E-state index in [-0.39, 0.29) is 0 Å². The van der Waals surface area contributed by atoms with Gasteiger partial charge in [-0.25, -0.2) is 0 Å². The molecule has 0 N–H and O–H groups in total. The molecule has 0 saturated carbocycles. The predicted octanol–water partition coefficient (Wildman–Crippen LogP) is 0.246. The summed E-state index contributed by atoms with van der Waals surface area (Å²) in [6, 6.07) is 0. The quantitative estimate of drug-likeness (QED) is 0.340. The second kappa shape index (κ2) is 5.11. The molecule has 0 saturated heterocycles. The second-order valence-electron chi connectivity index (χ2n) is 0.721. The molecule has 0 aliphatic rings. The predicted molar refractivity (Wildman–Crippen MR) is 28.3 cm³/mol. The zero-order valence-electron chi connectivity index (χ0n) is 3.35. The van der Waals surface area contributed by atoms with Gasteiger partial charge in [-0.1, -0.05) is 0 Å². The third-order valence-electron chi connectivity index (χ3n) is 0.285. The average Bonchev–Trinajstić information content (AvgIpc) is 1.61. The Morgan fingerprint density at radius 3 is 2.83 bits per heavy atom. The fourth-order valence-electron chi connectivity index (χ4n) is 0.102. The van der Waals surface area contributed by atoms with Gasteiger partial charge < -0.3 is 0 Å². The Morgan fingerprint density at radius 1 is 2.00 bits per heavy atom. The van der Waals surface area contributed by atoms with E-state index in [4.69, 9.17) is 0 Å². The van der Waals surface area contributed by atoms with Gasteiger partial charge in [0.05, 0.1) is 0 Å². The van der Waals surface area contributed by atoms with E-state index in [0.29, 0.717) is 6.54 Å². The fourth-order valence-corrected chi connectivity index (χ4v) is 0.315. The molecule has 0 atom stereocenters. The summed E-state index contributed by atoms with van der Waals surface area (Å²) < 4.78 is 2.63. The van der Waals surface area contributed by atoms with Crippen molar-refractivity contribution in [2.75, 3.05) is 6.54 Å². The number of hydrogen-bond donors (Lipinski definition) is 0. The van der Waals surface area contributed by atoms with Crippen LogP contribution in [0.15, 0.2) is 17.6 Å². The summed E-state index contributed by atoms with van der Waals surface area (Å²) >= 11 is 1.71. The van der Waals surface area contributed by atoms with Crippen molar-refractivity contribution < 1.29 is 0 Å². The van der Waals surface area contributed by atoms with Crippen LogP contribution in [0.2, 0.25) is 0 Å². The van der Waals surface area contributed by atoms with Gasteiger partial charge in [-0.2, -0.15) is 0 Å². The second-order valence-corrected chi connectivity index (χ2v) is 1.24. The molecule has 0 fully saturated rings. The van der Waals surface area contributed by atoms with Crippen molar-refractivity contribution in [3.8, 4) is 0 Å². The Hall–Kier alpha value is 0.110. The van der Waals surface area contributed by atoms with Crippen molar-refractivity contribution >= 4 is 25.7 Å². The van der Waals surface area contributed by atoms with Crippen molar-refractivity contribution in [3.05, 3.63) is 12.7 Å². The van der Waals surface area contributed by atoms with Crippen LogP contribution in [0.5, 0.6) is 0 Å². The molecule has 0 aromatic carbocycles. The van der Waals surface area contributed by atoms with Crippen molar-refractivity contribution in [1.82, 2.24) is 0 Å². The van der Waals surface area contributed by atoms with Crippen molar-refractivity contribution in [2.45, 2.75) is 0 Å². The van der Waals surface area contributed by atoms with Crippen molar-refractivity contribution in [3.63, 3.8) is 0 Å². The van der Waals surface area contributed by atoms with Crippen LogP contribution in [0.25, 0.3) is 0 Å². The Balaban J connectivity index is 3.07. The molecule has 0 radical (unpaired) electrons. The van der Waals surface area contributed by atoms with E-state index in [0.717, 1.165) is 0 Å². The molecular weight excluding hydrogens is 190 g/mol. The van der Waals surface area contributed by atoms with Gasteiger partial charge in [0.1, 0.15) is 0 Å². The van der Waals surface area contributed by atoms with Gasteiger partial charge in [0.15, 0.2) is 0 Å². The third kappa shape index (κ3) is 4.11. The standard InChI is InChI=1S/C4H5NTe/c1-2-3-5-4-6/h2H,1,3H2. The summed E-state index contributed by atoms with van der Waals surface area (Å²) in [5.74, 6) is 0. The zero-order valence-corrected chi connectivity index (χ0v) is 5.68. The molecule has 0 heterocycles. The molecule has 0 spiro atoms. The summed E-state index contributed by atoms with van der Waals surface area (Å²) in [6.45, 7) is 4.16. The molecule has 0 bridgehead atoms. The Bertz CT molecular complexity index is 81.5. The van der Waals surface area contributed by atoms with E-state index in [1.807, 2.05) is 0 Å². The van der Waals surface area contributed by atoms with E-state index in [1.54, 1.807) is 27.9 Å². The zero-order chi connectivity index (χ0) is 4.83. The van der Waals surface area contributed by atoms with Gasteiger partial charge in [0, 0.05) is 0 Å². The first-order chi connectivity index (χ1) is 2.91.